The summed E-state index contributed by atoms with van der Waals surface area (Å²) in [4.78, 5) is 11.3. The largest absolute Gasteiger partial charge is 0.318 e. The Bertz CT molecular complexity index is 581. The van der Waals surface area contributed by atoms with Gasteiger partial charge in [0.2, 0.25) is 5.56 Å². The molecule has 0 saturated carbocycles. The number of rotatable bonds is 2. The Morgan fingerprint density at radius 3 is 2.47 bits per heavy atom. The maximum Gasteiger partial charge on any atom is 0.250 e. The molecular weight excluding hydrogens is 210 g/mol. The lowest BCUT2D eigenvalue weighted by Gasteiger charge is -2.09. The first-order valence-electron chi connectivity index (χ1n) is 5.85. The Hall–Kier alpha value is -1.83. The molecule has 2 rings (SSSR count). The lowest BCUT2D eigenvalue weighted by atomic mass is 9.98. The second-order valence-corrected chi connectivity index (χ2v) is 4.65. The normalized spacial score (nSPS) is 10.8. The maximum absolute atomic E-state index is 11.3. The average Bonchev–Trinajstić information content (AvgIpc) is 2.33. The van der Waals surface area contributed by atoms with E-state index in [-0.39, 0.29) is 5.56 Å². The first-order valence-corrected chi connectivity index (χ1v) is 5.85. The molecule has 2 nitrogen and oxygen atoms in total. The Balaban J connectivity index is 2.49. The highest BCUT2D eigenvalue weighted by molar-refractivity contribution is 5.63. The molecule has 0 fully saturated rings. The van der Waals surface area contributed by atoms with Gasteiger partial charge in [-0.3, -0.25) is 4.79 Å². The van der Waals surface area contributed by atoms with Gasteiger partial charge in [0.25, 0.3) is 0 Å². The number of nitrogens with zero attached hydrogens (tertiary/aromatic N) is 1. The van der Waals surface area contributed by atoms with Gasteiger partial charge in [0.1, 0.15) is 0 Å². The van der Waals surface area contributed by atoms with Crippen molar-refractivity contribution in [3.8, 4) is 11.1 Å². The highest BCUT2D eigenvalue weighted by atomic mass is 16.1. The molecule has 1 heterocycles. The van der Waals surface area contributed by atoms with Crippen LogP contribution in [0.25, 0.3) is 11.1 Å². The van der Waals surface area contributed by atoms with Crippen LogP contribution in [-0.2, 0) is 7.05 Å². The van der Waals surface area contributed by atoms with Gasteiger partial charge >= 0.3 is 0 Å². The summed E-state index contributed by atoms with van der Waals surface area (Å²) in [7, 11) is 1.78. The maximum atomic E-state index is 11.3. The number of pyridine rings is 1. The van der Waals surface area contributed by atoms with Crippen molar-refractivity contribution in [2.45, 2.75) is 19.8 Å². The fourth-order valence-electron chi connectivity index (χ4n) is 1.84. The fourth-order valence-corrected chi connectivity index (χ4v) is 1.84. The van der Waals surface area contributed by atoms with Crippen molar-refractivity contribution >= 4 is 0 Å². The first kappa shape index (κ1) is 11.6. The van der Waals surface area contributed by atoms with Crippen LogP contribution in [0.1, 0.15) is 25.3 Å². The molecule has 17 heavy (non-hydrogen) atoms. The van der Waals surface area contributed by atoms with Gasteiger partial charge in [0.05, 0.1) is 0 Å². The number of benzene rings is 1. The molecule has 0 aliphatic rings. The van der Waals surface area contributed by atoms with E-state index >= 15 is 0 Å². The minimum absolute atomic E-state index is 0.0220. The van der Waals surface area contributed by atoms with Crippen LogP contribution in [0.3, 0.4) is 0 Å². The third kappa shape index (κ3) is 2.47. The standard InChI is InChI=1S/C15H17NO/c1-11(2)12-5-4-6-13(9-12)14-7-8-15(17)16(3)10-14/h4-11H,1-3H3. The smallest absolute Gasteiger partial charge is 0.250 e. The molecular formula is C15H17NO. The lowest BCUT2D eigenvalue weighted by Crippen LogP contribution is -2.13. The van der Waals surface area contributed by atoms with Crippen molar-refractivity contribution in [1.82, 2.24) is 4.57 Å². The van der Waals surface area contributed by atoms with Crippen molar-refractivity contribution in [1.29, 1.82) is 0 Å². The van der Waals surface area contributed by atoms with E-state index in [4.69, 9.17) is 0 Å². The lowest BCUT2D eigenvalue weighted by molar-refractivity contribution is 0.859. The molecule has 0 aliphatic carbocycles. The second kappa shape index (κ2) is 4.58. The van der Waals surface area contributed by atoms with E-state index in [1.807, 2.05) is 12.3 Å². The number of aryl methyl sites for hydroxylation is 1. The molecule has 0 N–H and O–H groups in total. The number of aromatic nitrogens is 1. The van der Waals surface area contributed by atoms with Crippen LogP contribution in [-0.4, -0.2) is 4.57 Å². The first-order chi connectivity index (χ1) is 8.08. The van der Waals surface area contributed by atoms with Crippen LogP contribution < -0.4 is 5.56 Å². The quantitative estimate of drug-likeness (QED) is 0.772. The van der Waals surface area contributed by atoms with Gasteiger partial charge in [-0.15, -0.1) is 0 Å². The Labute approximate surface area is 102 Å². The monoisotopic (exact) mass is 227 g/mol. The third-order valence-electron chi connectivity index (χ3n) is 2.97. The van der Waals surface area contributed by atoms with Crippen molar-refractivity contribution in [3.63, 3.8) is 0 Å². The van der Waals surface area contributed by atoms with Gasteiger partial charge < -0.3 is 4.57 Å². The van der Waals surface area contributed by atoms with Crippen LogP contribution >= 0.6 is 0 Å². The summed E-state index contributed by atoms with van der Waals surface area (Å²) in [5.74, 6) is 0.516. The minimum atomic E-state index is 0.0220. The van der Waals surface area contributed by atoms with E-state index in [2.05, 4.69) is 38.1 Å². The van der Waals surface area contributed by atoms with Crippen LogP contribution in [0.15, 0.2) is 47.4 Å². The molecule has 2 heteroatoms. The summed E-state index contributed by atoms with van der Waals surface area (Å²) in [6, 6.07) is 11.9. The summed E-state index contributed by atoms with van der Waals surface area (Å²) >= 11 is 0. The van der Waals surface area contributed by atoms with Gasteiger partial charge in [-0.2, -0.15) is 0 Å². The predicted octanol–water partition coefficient (Wildman–Crippen LogP) is 3.18. The van der Waals surface area contributed by atoms with Crippen molar-refractivity contribution < 1.29 is 0 Å². The zero-order valence-corrected chi connectivity index (χ0v) is 10.5. The predicted molar refractivity (Wildman–Crippen MR) is 71.2 cm³/mol. The van der Waals surface area contributed by atoms with Gasteiger partial charge in [-0.05, 0) is 28.7 Å². The second-order valence-electron chi connectivity index (χ2n) is 4.65. The summed E-state index contributed by atoms with van der Waals surface area (Å²) < 4.78 is 1.61. The average molecular weight is 227 g/mol. The molecule has 0 saturated heterocycles. The summed E-state index contributed by atoms with van der Waals surface area (Å²) in [5.41, 5.74) is 3.58. The van der Waals surface area contributed by atoms with E-state index in [9.17, 15) is 4.79 Å². The Morgan fingerprint density at radius 1 is 1.06 bits per heavy atom. The number of hydrogen-bond donors (Lipinski definition) is 0. The van der Waals surface area contributed by atoms with E-state index < -0.39 is 0 Å². The zero-order valence-electron chi connectivity index (χ0n) is 10.5. The SMILES string of the molecule is CC(C)c1cccc(-c2ccc(=O)n(C)c2)c1. The molecule has 0 bridgehead atoms. The molecule has 0 spiro atoms. The molecule has 0 atom stereocenters. The zero-order chi connectivity index (χ0) is 12.4. The number of hydrogen-bond acceptors (Lipinski definition) is 1. The molecule has 0 radical (unpaired) electrons. The van der Waals surface area contributed by atoms with Crippen LogP contribution in [0.5, 0.6) is 0 Å². The van der Waals surface area contributed by atoms with Gasteiger partial charge in [0, 0.05) is 19.3 Å². The Kier molecular flexibility index (Phi) is 3.14. The van der Waals surface area contributed by atoms with Crippen LogP contribution in [0, 0.1) is 0 Å². The van der Waals surface area contributed by atoms with E-state index in [0.717, 1.165) is 11.1 Å². The van der Waals surface area contributed by atoms with Crippen LogP contribution in [0.2, 0.25) is 0 Å². The van der Waals surface area contributed by atoms with E-state index in [1.54, 1.807) is 17.7 Å². The summed E-state index contributed by atoms with van der Waals surface area (Å²) in [5, 5.41) is 0. The highest BCUT2D eigenvalue weighted by Crippen LogP contribution is 2.22. The molecule has 88 valence electrons. The van der Waals surface area contributed by atoms with Crippen molar-refractivity contribution in [3.05, 3.63) is 58.5 Å². The Morgan fingerprint density at radius 2 is 1.82 bits per heavy atom. The van der Waals surface area contributed by atoms with Gasteiger partial charge in [0.15, 0.2) is 0 Å². The third-order valence-corrected chi connectivity index (χ3v) is 2.97. The van der Waals surface area contributed by atoms with Gasteiger partial charge in [-0.25, -0.2) is 0 Å². The fraction of sp³-hybridized carbons (Fsp3) is 0.267. The molecule has 1 aromatic heterocycles. The van der Waals surface area contributed by atoms with E-state index in [0.29, 0.717) is 5.92 Å². The molecule has 0 amide bonds. The molecule has 2 aromatic rings. The van der Waals surface area contributed by atoms with Crippen molar-refractivity contribution in [2.24, 2.45) is 7.05 Å². The topological polar surface area (TPSA) is 22.0 Å². The van der Waals surface area contributed by atoms with E-state index in [1.165, 1.54) is 5.56 Å². The van der Waals surface area contributed by atoms with Crippen molar-refractivity contribution in [2.75, 3.05) is 0 Å². The molecule has 0 unspecified atom stereocenters. The van der Waals surface area contributed by atoms with Gasteiger partial charge in [-0.1, -0.05) is 38.1 Å². The highest BCUT2D eigenvalue weighted by Gasteiger charge is 2.03. The summed E-state index contributed by atoms with van der Waals surface area (Å²) in [6.07, 6.45) is 1.88. The van der Waals surface area contributed by atoms with Crippen LogP contribution in [0.4, 0.5) is 0 Å². The molecule has 0 aliphatic heterocycles. The minimum Gasteiger partial charge on any atom is -0.318 e. The molecule has 1 aromatic carbocycles. The summed E-state index contributed by atoms with van der Waals surface area (Å²) in [6.45, 7) is 4.36.